The second-order valence-electron chi connectivity index (χ2n) is 7.17. The van der Waals surface area contributed by atoms with Gasteiger partial charge >= 0.3 is 5.69 Å². The van der Waals surface area contributed by atoms with E-state index in [1.165, 1.54) is 19.4 Å². The number of ether oxygens (including phenoxy) is 2. The van der Waals surface area contributed by atoms with Gasteiger partial charge in [0, 0.05) is 17.2 Å². The van der Waals surface area contributed by atoms with E-state index >= 15 is 0 Å². The van der Waals surface area contributed by atoms with Gasteiger partial charge in [-0.1, -0.05) is 47.5 Å². The van der Waals surface area contributed by atoms with E-state index in [0.29, 0.717) is 11.1 Å². The molecular formula is C24H23N3O5. The molecule has 3 aromatic carbocycles. The highest BCUT2D eigenvalue weighted by atomic mass is 16.6. The molecule has 1 amide bonds. The first kappa shape index (κ1) is 22.5. The first-order chi connectivity index (χ1) is 15.4. The summed E-state index contributed by atoms with van der Waals surface area (Å²) in [5, 5.41) is 15.6. The van der Waals surface area contributed by atoms with Gasteiger partial charge in [0.15, 0.2) is 5.75 Å². The van der Waals surface area contributed by atoms with Crippen molar-refractivity contribution >= 4 is 17.8 Å². The number of nitro benzene ring substituents is 1. The second-order valence-corrected chi connectivity index (χ2v) is 7.17. The number of hydrogen-bond acceptors (Lipinski definition) is 6. The van der Waals surface area contributed by atoms with Gasteiger partial charge in [-0.15, -0.1) is 0 Å². The van der Waals surface area contributed by atoms with Gasteiger partial charge in [0.2, 0.25) is 5.75 Å². The number of nitrogens with zero attached hydrogens (tertiary/aromatic N) is 2. The molecule has 32 heavy (non-hydrogen) atoms. The Balaban J connectivity index is 1.78. The summed E-state index contributed by atoms with van der Waals surface area (Å²) in [5.74, 6) is -0.169. The van der Waals surface area contributed by atoms with Gasteiger partial charge in [-0.2, -0.15) is 5.10 Å². The third kappa shape index (κ3) is 5.69. The van der Waals surface area contributed by atoms with Gasteiger partial charge in [0.1, 0.15) is 6.61 Å². The van der Waals surface area contributed by atoms with Gasteiger partial charge < -0.3 is 9.47 Å². The molecule has 3 rings (SSSR count). The van der Waals surface area contributed by atoms with Crippen LogP contribution in [0.1, 0.15) is 32.6 Å². The molecule has 0 unspecified atom stereocenters. The molecule has 0 bridgehead atoms. The van der Waals surface area contributed by atoms with Crippen LogP contribution in [0, 0.1) is 24.0 Å². The number of aryl methyl sites for hydroxylation is 2. The van der Waals surface area contributed by atoms with Crippen molar-refractivity contribution in [1.29, 1.82) is 0 Å². The zero-order valence-electron chi connectivity index (χ0n) is 18.0. The number of methoxy groups -OCH3 is 1. The highest BCUT2D eigenvalue weighted by molar-refractivity contribution is 5.95. The number of amides is 1. The molecule has 0 saturated heterocycles. The van der Waals surface area contributed by atoms with Crippen molar-refractivity contribution in [2.75, 3.05) is 7.11 Å². The van der Waals surface area contributed by atoms with E-state index in [4.69, 9.17) is 9.47 Å². The fraction of sp³-hybridized carbons (Fsp3) is 0.167. The lowest BCUT2D eigenvalue weighted by Gasteiger charge is -2.12. The normalized spacial score (nSPS) is 10.7. The predicted octanol–water partition coefficient (Wildman–Crippen LogP) is 4.56. The molecule has 8 nitrogen and oxygen atoms in total. The van der Waals surface area contributed by atoms with Gasteiger partial charge in [-0.05, 0) is 37.6 Å². The molecule has 0 aromatic heterocycles. The molecule has 0 aliphatic rings. The van der Waals surface area contributed by atoms with E-state index in [0.717, 1.165) is 16.7 Å². The Hall–Kier alpha value is -4.20. The lowest BCUT2D eigenvalue weighted by Crippen LogP contribution is -2.17. The monoisotopic (exact) mass is 433 g/mol. The lowest BCUT2D eigenvalue weighted by molar-refractivity contribution is -0.386. The maximum atomic E-state index is 12.2. The Morgan fingerprint density at radius 1 is 1.06 bits per heavy atom. The van der Waals surface area contributed by atoms with Crippen molar-refractivity contribution in [1.82, 2.24) is 5.43 Å². The van der Waals surface area contributed by atoms with Crippen molar-refractivity contribution in [3.8, 4) is 11.5 Å². The lowest BCUT2D eigenvalue weighted by atomic mass is 10.1. The Kier molecular flexibility index (Phi) is 7.17. The first-order valence-electron chi connectivity index (χ1n) is 9.82. The maximum absolute atomic E-state index is 12.2. The highest BCUT2D eigenvalue weighted by Gasteiger charge is 2.22. The average Bonchev–Trinajstić information content (AvgIpc) is 2.78. The molecule has 0 atom stereocenters. The Bertz CT molecular complexity index is 1140. The SMILES string of the molecule is COc1cc(/C=N\NC(=O)c2ccc(C)cc2)cc([N+](=O)[O-])c1OCc1ccc(C)cc1. The minimum Gasteiger partial charge on any atom is -0.493 e. The minimum atomic E-state index is -0.546. The van der Waals surface area contributed by atoms with Crippen LogP contribution in [-0.2, 0) is 6.61 Å². The van der Waals surface area contributed by atoms with Crippen molar-refractivity contribution in [2.45, 2.75) is 20.5 Å². The van der Waals surface area contributed by atoms with Crippen LogP contribution in [0.2, 0.25) is 0 Å². The average molecular weight is 433 g/mol. The topological polar surface area (TPSA) is 103 Å². The summed E-state index contributed by atoms with van der Waals surface area (Å²) in [6, 6.07) is 17.6. The molecule has 0 spiro atoms. The van der Waals surface area contributed by atoms with Crippen molar-refractivity contribution in [3.63, 3.8) is 0 Å². The Morgan fingerprint density at radius 2 is 1.69 bits per heavy atom. The molecule has 0 aliphatic carbocycles. The number of hydrogen-bond donors (Lipinski definition) is 1. The van der Waals surface area contributed by atoms with E-state index in [1.54, 1.807) is 18.2 Å². The summed E-state index contributed by atoms with van der Waals surface area (Å²) in [5.41, 5.74) is 5.99. The summed E-state index contributed by atoms with van der Waals surface area (Å²) < 4.78 is 11.0. The number of carbonyl (C=O) groups excluding carboxylic acids is 1. The molecule has 8 heteroatoms. The van der Waals surface area contributed by atoms with E-state index in [2.05, 4.69) is 10.5 Å². The highest BCUT2D eigenvalue weighted by Crippen LogP contribution is 2.38. The van der Waals surface area contributed by atoms with Crippen molar-refractivity contribution in [2.24, 2.45) is 5.10 Å². The molecule has 0 fully saturated rings. The number of nitrogens with one attached hydrogen (secondary N) is 1. The van der Waals surface area contributed by atoms with E-state index in [9.17, 15) is 14.9 Å². The van der Waals surface area contributed by atoms with Gasteiger partial charge in [0.05, 0.1) is 18.2 Å². The smallest absolute Gasteiger partial charge is 0.315 e. The number of benzene rings is 3. The van der Waals surface area contributed by atoms with Crippen LogP contribution in [0.15, 0.2) is 65.8 Å². The van der Waals surface area contributed by atoms with Gasteiger partial charge in [-0.3, -0.25) is 14.9 Å². The number of rotatable bonds is 8. The second kappa shape index (κ2) is 10.2. The molecule has 0 heterocycles. The summed E-state index contributed by atoms with van der Waals surface area (Å²) in [6.45, 7) is 4.05. The van der Waals surface area contributed by atoms with E-state index < -0.39 is 4.92 Å². The molecule has 1 N–H and O–H groups in total. The van der Waals surface area contributed by atoms with Crippen LogP contribution in [0.3, 0.4) is 0 Å². The fourth-order valence-electron chi connectivity index (χ4n) is 2.89. The van der Waals surface area contributed by atoms with Crippen LogP contribution >= 0.6 is 0 Å². The third-order valence-electron chi connectivity index (χ3n) is 4.67. The van der Waals surface area contributed by atoms with Crippen molar-refractivity contribution < 1.29 is 19.2 Å². The minimum absolute atomic E-state index is 0.0268. The largest absolute Gasteiger partial charge is 0.493 e. The standard InChI is InChI=1S/C24H23N3O5/c1-16-4-8-18(9-5-16)15-32-23-21(27(29)30)12-19(13-22(23)31-3)14-25-26-24(28)20-10-6-17(2)7-11-20/h4-14H,15H2,1-3H3,(H,26,28)/b25-14-. The van der Waals surface area contributed by atoms with Crippen LogP contribution in [-0.4, -0.2) is 24.2 Å². The molecule has 0 saturated carbocycles. The van der Waals surface area contributed by atoms with Crippen molar-refractivity contribution in [3.05, 3.63) is 98.6 Å². The van der Waals surface area contributed by atoms with Crippen LogP contribution < -0.4 is 14.9 Å². The van der Waals surface area contributed by atoms with E-state index in [1.807, 2.05) is 50.2 Å². The predicted molar refractivity (Wildman–Crippen MR) is 121 cm³/mol. The number of hydrazone groups is 1. The summed E-state index contributed by atoms with van der Waals surface area (Å²) >= 11 is 0. The van der Waals surface area contributed by atoms with E-state index in [-0.39, 0.29) is 29.7 Å². The molecular weight excluding hydrogens is 410 g/mol. The van der Waals surface area contributed by atoms with Crippen LogP contribution in [0.5, 0.6) is 11.5 Å². The summed E-state index contributed by atoms with van der Waals surface area (Å²) in [7, 11) is 1.40. The molecule has 164 valence electrons. The third-order valence-corrected chi connectivity index (χ3v) is 4.67. The number of carbonyl (C=O) groups is 1. The Morgan fingerprint density at radius 3 is 2.28 bits per heavy atom. The van der Waals surface area contributed by atoms with Gasteiger partial charge in [0.25, 0.3) is 5.91 Å². The zero-order chi connectivity index (χ0) is 23.1. The van der Waals surface area contributed by atoms with Crippen LogP contribution in [0.25, 0.3) is 0 Å². The molecule has 0 aliphatic heterocycles. The Labute approximate surface area is 185 Å². The van der Waals surface area contributed by atoms with Gasteiger partial charge in [-0.25, -0.2) is 5.43 Å². The number of nitro groups is 1. The first-order valence-corrected chi connectivity index (χ1v) is 9.82. The van der Waals surface area contributed by atoms with Crippen LogP contribution in [0.4, 0.5) is 5.69 Å². The maximum Gasteiger partial charge on any atom is 0.315 e. The molecule has 0 radical (unpaired) electrons. The summed E-state index contributed by atoms with van der Waals surface area (Å²) in [4.78, 5) is 23.3. The zero-order valence-corrected chi connectivity index (χ0v) is 18.0. The summed E-state index contributed by atoms with van der Waals surface area (Å²) in [6.07, 6.45) is 1.31. The molecule has 3 aromatic rings. The quantitative estimate of drug-likeness (QED) is 0.319. The fourth-order valence-corrected chi connectivity index (χ4v) is 2.89.